The van der Waals surface area contributed by atoms with Crippen molar-refractivity contribution < 1.29 is 9.47 Å². The monoisotopic (exact) mass is 472 g/mol. The van der Waals surface area contributed by atoms with Gasteiger partial charge in [-0.1, -0.05) is 6.07 Å². The summed E-state index contributed by atoms with van der Waals surface area (Å²) in [5, 5.41) is 21.4. The van der Waals surface area contributed by atoms with E-state index in [0.29, 0.717) is 40.7 Å². The summed E-state index contributed by atoms with van der Waals surface area (Å²) in [5.74, 6) is 1.66. The molecule has 3 aromatic heterocycles. The van der Waals surface area contributed by atoms with Gasteiger partial charge in [-0.25, -0.2) is 0 Å². The molecule has 0 radical (unpaired) electrons. The first-order valence-electron chi connectivity index (χ1n) is 11.5. The van der Waals surface area contributed by atoms with Gasteiger partial charge in [0.05, 0.1) is 35.0 Å². The van der Waals surface area contributed by atoms with Crippen LogP contribution in [0, 0.1) is 11.3 Å². The van der Waals surface area contributed by atoms with Gasteiger partial charge in [0.25, 0.3) is 0 Å². The van der Waals surface area contributed by atoms with Gasteiger partial charge in [0.1, 0.15) is 23.3 Å². The Balaban J connectivity index is 1.49. The molecular weight excluding hydrogens is 444 g/mol. The molecule has 3 N–H and O–H groups in total. The fourth-order valence-corrected chi connectivity index (χ4v) is 4.56. The van der Waals surface area contributed by atoms with Crippen LogP contribution in [0.2, 0.25) is 0 Å². The highest BCUT2D eigenvalue weighted by Crippen LogP contribution is 2.34. The Morgan fingerprint density at radius 2 is 2.14 bits per heavy atom. The number of aromatic amines is 1. The molecule has 35 heavy (non-hydrogen) atoms. The van der Waals surface area contributed by atoms with Crippen LogP contribution in [0.1, 0.15) is 32.3 Å². The molecule has 1 atom stereocenters. The summed E-state index contributed by atoms with van der Waals surface area (Å²) in [4.78, 5) is 12.5. The molecule has 0 bridgehead atoms. The quantitative estimate of drug-likeness (QED) is 0.378. The van der Waals surface area contributed by atoms with Gasteiger partial charge in [-0.3, -0.25) is 4.68 Å². The molecule has 1 aromatic carbocycles. The van der Waals surface area contributed by atoms with Gasteiger partial charge in [-0.05, 0) is 44.9 Å². The highest BCUT2D eigenvalue weighted by Gasteiger charge is 2.30. The van der Waals surface area contributed by atoms with Gasteiger partial charge < -0.3 is 25.1 Å². The standard InChI is InChI=1S/C25H28N8O2/c1-25(2)12-17(8-10-35-25)29-23-21-16(13-26)14-27-22(21)31-24(32-23)30-18-6-5-15(11-20(18)34-4)19-7-9-28-33(19)3/h5-7,9,11,14,17H,8,10,12H2,1-4H3,(H3,27,29,30,31,32). The van der Waals surface area contributed by atoms with E-state index in [-0.39, 0.29) is 11.6 Å². The van der Waals surface area contributed by atoms with Crippen LogP contribution in [0.4, 0.5) is 17.5 Å². The van der Waals surface area contributed by atoms with Crippen molar-refractivity contribution in [1.29, 1.82) is 5.26 Å². The van der Waals surface area contributed by atoms with Crippen molar-refractivity contribution >= 4 is 28.5 Å². The third kappa shape index (κ3) is 4.50. The first kappa shape index (κ1) is 22.7. The van der Waals surface area contributed by atoms with Crippen molar-refractivity contribution in [3.63, 3.8) is 0 Å². The van der Waals surface area contributed by atoms with Crippen molar-refractivity contribution in [2.75, 3.05) is 24.4 Å². The number of H-pyrrole nitrogens is 1. The lowest BCUT2D eigenvalue weighted by Gasteiger charge is -2.36. The molecule has 0 saturated carbocycles. The first-order valence-corrected chi connectivity index (χ1v) is 11.5. The van der Waals surface area contributed by atoms with Crippen LogP contribution in [0.15, 0.2) is 36.7 Å². The summed E-state index contributed by atoms with van der Waals surface area (Å²) in [6, 6.07) is 10.2. The fourth-order valence-electron chi connectivity index (χ4n) is 4.56. The van der Waals surface area contributed by atoms with Crippen molar-refractivity contribution in [2.45, 2.75) is 38.3 Å². The number of nitriles is 1. The van der Waals surface area contributed by atoms with Crippen LogP contribution >= 0.6 is 0 Å². The molecule has 4 heterocycles. The van der Waals surface area contributed by atoms with Gasteiger partial charge in [0, 0.05) is 37.7 Å². The number of hydrogen-bond donors (Lipinski definition) is 3. The number of anilines is 3. The summed E-state index contributed by atoms with van der Waals surface area (Å²) < 4.78 is 13.3. The highest BCUT2D eigenvalue weighted by atomic mass is 16.5. The lowest BCUT2D eigenvalue weighted by atomic mass is 9.94. The number of aryl methyl sites for hydroxylation is 1. The second-order valence-corrected chi connectivity index (χ2v) is 9.26. The number of fused-ring (bicyclic) bond motifs is 1. The number of aromatic nitrogens is 5. The maximum Gasteiger partial charge on any atom is 0.231 e. The molecule has 10 heteroatoms. The number of nitrogens with zero attached hydrogens (tertiary/aromatic N) is 5. The summed E-state index contributed by atoms with van der Waals surface area (Å²) in [6.45, 7) is 4.84. The molecule has 1 saturated heterocycles. The zero-order chi connectivity index (χ0) is 24.6. The summed E-state index contributed by atoms with van der Waals surface area (Å²) in [6.07, 6.45) is 5.10. The van der Waals surface area contributed by atoms with Crippen molar-refractivity contribution in [2.24, 2.45) is 7.05 Å². The first-order chi connectivity index (χ1) is 16.9. The molecule has 4 aromatic rings. The highest BCUT2D eigenvalue weighted by molar-refractivity contribution is 5.93. The number of benzene rings is 1. The average molecular weight is 473 g/mol. The smallest absolute Gasteiger partial charge is 0.231 e. The molecule has 180 valence electrons. The Hall–Kier alpha value is -4.10. The Bertz CT molecular complexity index is 1410. The third-order valence-corrected chi connectivity index (χ3v) is 6.25. The molecule has 1 fully saturated rings. The molecule has 0 aliphatic carbocycles. The topological polar surface area (TPSA) is 126 Å². The normalized spacial score (nSPS) is 17.2. The predicted molar refractivity (Wildman–Crippen MR) is 134 cm³/mol. The van der Waals surface area contributed by atoms with Crippen LogP contribution < -0.4 is 15.4 Å². The van der Waals surface area contributed by atoms with Crippen LogP contribution in [0.3, 0.4) is 0 Å². The molecule has 1 unspecified atom stereocenters. The minimum atomic E-state index is -0.220. The van der Waals surface area contributed by atoms with E-state index >= 15 is 0 Å². The summed E-state index contributed by atoms with van der Waals surface area (Å²) in [7, 11) is 3.53. The number of methoxy groups -OCH3 is 1. The lowest BCUT2D eigenvalue weighted by Crippen LogP contribution is -2.40. The lowest BCUT2D eigenvalue weighted by molar-refractivity contribution is -0.0553. The third-order valence-electron chi connectivity index (χ3n) is 6.25. The second kappa shape index (κ2) is 8.92. The number of hydrogen-bond acceptors (Lipinski definition) is 8. The largest absolute Gasteiger partial charge is 0.495 e. The van der Waals surface area contributed by atoms with Gasteiger partial charge >= 0.3 is 0 Å². The Morgan fingerprint density at radius 1 is 1.29 bits per heavy atom. The van der Waals surface area contributed by atoms with Gasteiger partial charge in [0.15, 0.2) is 0 Å². The maximum absolute atomic E-state index is 9.62. The van der Waals surface area contributed by atoms with Crippen LogP contribution in [-0.4, -0.2) is 50.1 Å². The molecule has 1 aliphatic heterocycles. The Kier molecular flexibility index (Phi) is 5.78. The fraction of sp³-hybridized carbons (Fsp3) is 0.360. The van der Waals surface area contributed by atoms with E-state index in [1.54, 1.807) is 19.5 Å². The van der Waals surface area contributed by atoms with E-state index < -0.39 is 0 Å². The number of nitrogens with one attached hydrogen (secondary N) is 3. The molecule has 5 rings (SSSR count). The average Bonchev–Trinajstić information content (AvgIpc) is 3.44. The number of ether oxygens (including phenoxy) is 2. The maximum atomic E-state index is 9.62. The predicted octanol–water partition coefficient (Wildman–Crippen LogP) is 4.35. The molecule has 0 spiro atoms. The van der Waals surface area contributed by atoms with Crippen LogP contribution in [0.25, 0.3) is 22.3 Å². The molecule has 1 aliphatic rings. The van der Waals surface area contributed by atoms with E-state index in [2.05, 4.69) is 45.6 Å². The van der Waals surface area contributed by atoms with Gasteiger partial charge in [-0.15, -0.1) is 0 Å². The van der Waals surface area contributed by atoms with E-state index in [4.69, 9.17) is 14.5 Å². The van der Waals surface area contributed by atoms with E-state index in [0.717, 1.165) is 29.8 Å². The van der Waals surface area contributed by atoms with Crippen molar-refractivity contribution in [1.82, 2.24) is 24.7 Å². The van der Waals surface area contributed by atoms with E-state index in [9.17, 15) is 5.26 Å². The van der Waals surface area contributed by atoms with Crippen molar-refractivity contribution in [3.05, 3.63) is 42.2 Å². The van der Waals surface area contributed by atoms with Crippen LogP contribution in [-0.2, 0) is 11.8 Å². The zero-order valence-corrected chi connectivity index (χ0v) is 20.2. The van der Waals surface area contributed by atoms with Crippen LogP contribution in [0.5, 0.6) is 5.75 Å². The molecule has 0 amide bonds. The minimum absolute atomic E-state index is 0.166. The molecule has 10 nitrogen and oxygen atoms in total. The minimum Gasteiger partial charge on any atom is -0.495 e. The Morgan fingerprint density at radius 3 is 2.86 bits per heavy atom. The summed E-state index contributed by atoms with van der Waals surface area (Å²) >= 11 is 0. The number of rotatable bonds is 6. The van der Waals surface area contributed by atoms with Crippen molar-refractivity contribution in [3.8, 4) is 23.1 Å². The summed E-state index contributed by atoms with van der Waals surface area (Å²) in [5.41, 5.74) is 3.55. The van der Waals surface area contributed by atoms with E-state index in [1.165, 1.54) is 0 Å². The second-order valence-electron chi connectivity index (χ2n) is 9.26. The SMILES string of the molecule is COc1cc(-c2ccnn2C)ccc1Nc1nc(NC2CCOC(C)(C)C2)c2c(C#N)c[nH]c2n1. The van der Waals surface area contributed by atoms with Gasteiger partial charge in [0.2, 0.25) is 5.95 Å². The van der Waals surface area contributed by atoms with Gasteiger partial charge in [-0.2, -0.15) is 20.3 Å². The zero-order valence-electron chi connectivity index (χ0n) is 20.2. The van der Waals surface area contributed by atoms with E-state index in [1.807, 2.05) is 36.0 Å². The Labute approximate surface area is 203 Å². The molecular formula is C25H28N8O2.